The number of halogens is 2. The molecule has 1 N–H and O–H groups in total. The van der Waals surface area contributed by atoms with Crippen LogP contribution >= 0.6 is 15.9 Å². The number of sulfonamides is 1. The van der Waals surface area contributed by atoms with Crippen molar-refractivity contribution in [2.24, 2.45) is 0 Å². The summed E-state index contributed by atoms with van der Waals surface area (Å²) >= 11 is 3.37. The lowest BCUT2D eigenvalue weighted by Gasteiger charge is -2.09. The van der Waals surface area contributed by atoms with Crippen molar-refractivity contribution in [2.45, 2.75) is 17.7 Å². The molecule has 0 aliphatic rings. The molecule has 0 saturated heterocycles. The fourth-order valence-corrected chi connectivity index (χ4v) is 3.22. The van der Waals surface area contributed by atoms with Gasteiger partial charge < -0.3 is 0 Å². The highest BCUT2D eigenvalue weighted by Crippen LogP contribution is 2.18. The summed E-state index contributed by atoms with van der Waals surface area (Å²) in [7, 11) is -3.69. The summed E-state index contributed by atoms with van der Waals surface area (Å²) < 4.78 is 39.8. The van der Waals surface area contributed by atoms with Crippen LogP contribution in [0.1, 0.15) is 12.0 Å². The molecule has 0 radical (unpaired) electrons. The molecular formula is C15H15BrFNO2S. The van der Waals surface area contributed by atoms with Crippen LogP contribution in [0.5, 0.6) is 0 Å². The lowest BCUT2D eigenvalue weighted by Crippen LogP contribution is -2.13. The van der Waals surface area contributed by atoms with Crippen LogP contribution in [-0.2, 0) is 16.4 Å². The Balaban J connectivity index is 2.18. The molecular weight excluding hydrogens is 357 g/mol. The average molecular weight is 372 g/mol. The van der Waals surface area contributed by atoms with E-state index in [9.17, 15) is 12.8 Å². The molecule has 0 saturated carbocycles. The Labute approximate surface area is 132 Å². The molecule has 0 amide bonds. The predicted octanol–water partition coefficient (Wildman–Crippen LogP) is 3.95. The van der Waals surface area contributed by atoms with Gasteiger partial charge in [0.15, 0.2) is 0 Å². The quantitative estimate of drug-likeness (QED) is 0.781. The monoisotopic (exact) mass is 371 g/mol. The van der Waals surface area contributed by atoms with Gasteiger partial charge in [-0.25, -0.2) is 12.8 Å². The number of nitrogens with one attached hydrogen (secondary N) is 1. The van der Waals surface area contributed by atoms with Gasteiger partial charge >= 0.3 is 0 Å². The molecule has 0 atom stereocenters. The summed E-state index contributed by atoms with van der Waals surface area (Å²) in [4.78, 5) is 0.0368. The van der Waals surface area contributed by atoms with Crippen LogP contribution in [0.15, 0.2) is 53.4 Å². The summed E-state index contributed by atoms with van der Waals surface area (Å²) in [5.74, 6) is -0.467. The maximum absolute atomic E-state index is 12.9. The Morgan fingerprint density at radius 3 is 2.48 bits per heavy atom. The molecule has 21 heavy (non-hydrogen) atoms. The Morgan fingerprint density at radius 2 is 1.81 bits per heavy atom. The van der Waals surface area contributed by atoms with E-state index in [2.05, 4.69) is 20.7 Å². The molecule has 0 aliphatic carbocycles. The van der Waals surface area contributed by atoms with Crippen LogP contribution in [0.25, 0.3) is 0 Å². The molecule has 2 rings (SSSR count). The topological polar surface area (TPSA) is 46.2 Å². The first-order valence-corrected chi connectivity index (χ1v) is 9.05. The van der Waals surface area contributed by atoms with E-state index in [1.165, 1.54) is 12.1 Å². The largest absolute Gasteiger partial charge is 0.280 e. The molecule has 0 aromatic heterocycles. The van der Waals surface area contributed by atoms with Crippen LogP contribution in [0.2, 0.25) is 0 Å². The number of aryl methyl sites for hydroxylation is 1. The van der Waals surface area contributed by atoms with Crippen LogP contribution < -0.4 is 4.72 Å². The second kappa shape index (κ2) is 7.04. The number of rotatable bonds is 6. The number of hydrogen-bond donors (Lipinski definition) is 1. The van der Waals surface area contributed by atoms with Gasteiger partial charge in [-0.05, 0) is 54.8 Å². The second-order valence-corrected chi connectivity index (χ2v) is 7.03. The molecule has 3 nitrogen and oxygen atoms in total. The van der Waals surface area contributed by atoms with E-state index in [4.69, 9.17) is 0 Å². The predicted molar refractivity (Wildman–Crippen MR) is 85.8 cm³/mol. The van der Waals surface area contributed by atoms with Gasteiger partial charge in [-0.15, -0.1) is 0 Å². The van der Waals surface area contributed by atoms with Gasteiger partial charge in [0.25, 0.3) is 10.0 Å². The van der Waals surface area contributed by atoms with Crippen molar-refractivity contribution in [3.8, 4) is 0 Å². The Morgan fingerprint density at radius 1 is 1.10 bits per heavy atom. The van der Waals surface area contributed by atoms with E-state index in [0.29, 0.717) is 5.69 Å². The van der Waals surface area contributed by atoms with Gasteiger partial charge in [-0.3, -0.25) is 4.72 Å². The minimum atomic E-state index is -3.69. The van der Waals surface area contributed by atoms with E-state index >= 15 is 0 Å². The molecule has 112 valence electrons. The lowest BCUT2D eigenvalue weighted by atomic mass is 10.1. The molecule has 0 aliphatic heterocycles. The third-order valence-electron chi connectivity index (χ3n) is 2.90. The number of anilines is 1. The zero-order valence-electron chi connectivity index (χ0n) is 11.2. The Kier molecular flexibility index (Phi) is 5.36. The summed E-state index contributed by atoms with van der Waals surface area (Å²) in [6.07, 6.45) is 1.85. The SMILES string of the molecule is O=S(=O)(Nc1cccc(CCCBr)c1)c1ccc(F)cc1. The molecule has 6 heteroatoms. The maximum atomic E-state index is 12.9. The first kappa shape index (κ1) is 16.0. The van der Waals surface area contributed by atoms with Crippen molar-refractivity contribution < 1.29 is 12.8 Å². The zero-order valence-corrected chi connectivity index (χ0v) is 13.6. The van der Waals surface area contributed by atoms with Crippen molar-refractivity contribution in [2.75, 3.05) is 10.1 Å². The van der Waals surface area contributed by atoms with Crippen molar-refractivity contribution >= 4 is 31.6 Å². The molecule has 0 bridgehead atoms. The number of hydrogen-bond acceptors (Lipinski definition) is 2. The number of benzene rings is 2. The Hall–Kier alpha value is -1.40. The minimum absolute atomic E-state index is 0.0368. The summed E-state index contributed by atoms with van der Waals surface area (Å²) in [6, 6.07) is 12.0. The van der Waals surface area contributed by atoms with E-state index in [1.807, 2.05) is 18.2 Å². The average Bonchev–Trinajstić information content (AvgIpc) is 2.45. The van der Waals surface area contributed by atoms with Crippen LogP contribution in [0.4, 0.5) is 10.1 Å². The highest BCUT2D eigenvalue weighted by Gasteiger charge is 2.14. The molecule has 0 spiro atoms. The van der Waals surface area contributed by atoms with Crippen LogP contribution in [0.3, 0.4) is 0 Å². The molecule has 2 aromatic rings. The van der Waals surface area contributed by atoms with E-state index in [1.54, 1.807) is 6.07 Å². The van der Waals surface area contributed by atoms with Crippen molar-refractivity contribution in [3.63, 3.8) is 0 Å². The second-order valence-electron chi connectivity index (χ2n) is 4.55. The molecule has 0 fully saturated rings. The van der Waals surface area contributed by atoms with Crippen molar-refractivity contribution in [1.82, 2.24) is 0 Å². The van der Waals surface area contributed by atoms with Gasteiger partial charge in [-0.2, -0.15) is 0 Å². The molecule has 0 unspecified atom stereocenters. The first-order valence-electron chi connectivity index (χ1n) is 6.44. The van der Waals surface area contributed by atoms with Gasteiger partial charge in [0, 0.05) is 11.0 Å². The van der Waals surface area contributed by atoms with Crippen molar-refractivity contribution in [3.05, 3.63) is 59.9 Å². The summed E-state index contributed by atoms with van der Waals surface area (Å²) in [6.45, 7) is 0. The maximum Gasteiger partial charge on any atom is 0.261 e. The van der Waals surface area contributed by atoms with Gasteiger partial charge in [0.2, 0.25) is 0 Å². The fourth-order valence-electron chi connectivity index (χ4n) is 1.89. The van der Waals surface area contributed by atoms with Gasteiger partial charge in [-0.1, -0.05) is 28.1 Å². The van der Waals surface area contributed by atoms with E-state index in [0.717, 1.165) is 35.9 Å². The first-order chi connectivity index (χ1) is 10.0. The van der Waals surface area contributed by atoms with Crippen LogP contribution in [-0.4, -0.2) is 13.7 Å². The number of alkyl halides is 1. The summed E-state index contributed by atoms with van der Waals surface area (Å²) in [5.41, 5.74) is 1.57. The standard InChI is InChI=1S/C15H15BrFNO2S/c16-10-2-4-12-3-1-5-14(11-12)18-21(19,20)15-8-6-13(17)7-9-15/h1,3,5-9,11,18H,2,4,10H2. The Bertz CT molecular complexity index is 702. The summed E-state index contributed by atoms with van der Waals surface area (Å²) in [5, 5.41) is 0.901. The third-order valence-corrected chi connectivity index (χ3v) is 4.86. The molecule has 0 heterocycles. The third kappa shape index (κ3) is 4.54. The minimum Gasteiger partial charge on any atom is -0.280 e. The lowest BCUT2D eigenvalue weighted by molar-refractivity contribution is 0.599. The smallest absolute Gasteiger partial charge is 0.261 e. The van der Waals surface area contributed by atoms with Crippen molar-refractivity contribution in [1.29, 1.82) is 0 Å². The fraction of sp³-hybridized carbons (Fsp3) is 0.200. The molecule has 2 aromatic carbocycles. The normalized spacial score (nSPS) is 11.3. The highest BCUT2D eigenvalue weighted by atomic mass is 79.9. The zero-order chi connectivity index (χ0) is 15.3. The van der Waals surface area contributed by atoms with Crippen LogP contribution in [0, 0.1) is 5.82 Å². The highest BCUT2D eigenvalue weighted by molar-refractivity contribution is 9.09. The van der Waals surface area contributed by atoms with Gasteiger partial charge in [0.1, 0.15) is 5.82 Å². The van der Waals surface area contributed by atoms with Gasteiger partial charge in [0.05, 0.1) is 4.90 Å². The van der Waals surface area contributed by atoms with E-state index in [-0.39, 0.29) is 4.90 Å². The van der Waals surface area contributed by atoms with E-state index < -0.39 is 15.8 Å².